The summed E-state index contributed by atoms with van der Waals surface area (Å²) in [5.74, 6) is 1.35. The number of unbranched alkanes of at least 4 members (excludes halogenated alkanes) is 2. The number of hydrogen-bond acceptors (Lipinski definition) is 4. The summed E-state index contributed by atoms with van der Waals surface area (Å²) in [6.07, 6.45) is 7.40. The van der Waals surface area contributed by atoms with Gasteiger partial charge >= 0.3 is 0 Å². The van der Waals surface area contributed by atoms with E-state index in [1.165, 1.54) is 0 Å². The summed E-state index contributed by atoms with van der Waals surface area (Å²) in [7, 11) is 0. The lowest BCUT2D eigenvalue weighted by Gasteiger charge is -2.12. The molecule has 0 saturated carbocycles. The van der Waals surface area contributed by atoms with Gasteiger partial charge in [0.05, 0.1) is 24.0 Å². The van der Waals surface area contributed by atoms with Crippen LogP contribution >= 0.6 is 0 Å². The standard InChI is InChI=1S/C32H26N2O2/c1-3-5-21-35-31-23-27-17-15-25-11-9-19-33-29(25)13-7-8-14-30-26(12-10-20-34-30)16-18-28(27)24-32(31)36-22-6-4-2/h9-12,19-20,23-24H,3-6,21-22H2,1-2H3. The normalized spacial score (nSPS) is 9.72. The van der Waals surface area contributed by atoms with E-state index in [2.05, 4.69) is 72.3 Å². The van der Waals surface area contributed by atoms with Crippen molar-refractivity contribution in [2.75, 3.05) is 13.2 Å². The first-order valence-corrected chi connectivity index (χ1v) is 12.2. The monoisotopic (exact) mass is 470 g/mol. The number of benzene rings is 1. The third-order valence-corrected chi connectivity index (χ3v) is 5.30. The maximum atomic E-state index is 6.11. The largest absolute Gasteiger partial charge is 0.490 e. The molecule has 2 heterocycles. The maximum absolute atomic E-state index is 6.11. The van der Waals surface area contributed by atoms with E-state index in [4.69, 9.17) is 9.47 Å². The average molecular weight is 471 g/mol. The van der Waals surface area contributed by atoms with Crippen molar-refractivity contribution in [3.8, 4) is 11.5 Å². The molecule has 176 valence electrons. The van der Waals surface area contributed by atoms with Crippen molar-refractivity contribution in [1.82, 2.24) is 9.97 Å². The van der Waals surface area contributed by atoms with Crippen LogP contribution in [0.5, 0.6) is 11.5 Å². The molecule has 0 spiro atoms. The van der Waals surface area contributed by atoms with Crippen molar-refractivity contribution in [3.63, 3.8) is 0 Å². The summed E-state index contributed by atoms with van der Waals surface area (Å²) in [6.45, 7) is 5.49. The van der Waals surface area contributed by atoms with E-state index in [0.29, 0.717) is 35.7 Å². The van der Waals surface area contributed by atoms with Crippen molar-refractivity contribution >= 4 is 32.6 Å². The minimum Gasteiger partial charge on any atom is -0.490 e. The summed E-state index contributed by atoms with van der Waals surface area (Å²) in [5.41, 5.74) is 1.15. The predicted octanol–water partition coefficient (Wildman–Crippen LogP) is 6.94. The number of pyridine rings is 2. The number of rotatable bonds is 8. The van der Waals surface area contributed by atoms with Crippen LogP contribution in [0.1, 0.15) is 39.5 Å². The van der Waals surface area contributed by atoms with Crippen molar-refractivity contribution in [2.24, 2.45) is 0 Å². The molecule has 0 aliphatic carbocycles. The second-order valence-corrected chi connectivity index (χ2v) is 8.05. The minimum absolute atomic E-state index is 0.573. The zero-order chi connectivity index (χ0) is 25.0. The van der Waals surface area contributed by atoms with Crippen LogP contribution < -0.4 is 9.47 Å². The van der Waals surface area contributed by atoms with Gasteiger partial charge in [0.25, 0.3) is 0 Å². The number of fused-ring (bicyclic) bond motifs is 3. The van der Waals surface area contributed by atoms with Crippen molar-refractivity contribution in [3.05, 3.63) is 97.3 Å². The molecule has 4 rings (SSSR count). The van der Waals surface area contributed by atoms with Gasteiger partial charge < -0.3 is 9.47 Å². The summed E-state index contributed by atoms with van der Waals surface area (Å²) in [4.78, 5) is 8.76. The van der Waals surface area contributed by atoms with Gasteiger partial charge in [0.2, 0.25) is 0 Å². The molecule has 0 N–H and O–H groups in total. The molecule has 0 bridgehead atoms. The summed E-state index contributed by atoms with van der Waals surface area (Å²) >= 11 is 0. The Hall–Kier alpha value is -4.64. The molecule has 0 aliphatic rings. The number of nitrogens with zero attached hydrogens (tertiary/aromatic N) is 2. The van der Waals surface area contributed by atoms with E-state index >= 15 is 0 Å². The SMILES string of the molecule is CCCCOc1cc2c#cc3cccnc3c#cc#cc3ncccc3c#cc2cc1OCCCC. The molecule has 2 aromatic carbocycles. The first kappa shape index (κ1) is 24.5. The molecular weight excluding hydrogens is 444 g/mol. The maximum Gasteiger partial charge on any atom is 0.162 e. The van der Waals surface area contributed by atoms with Crippen LogP contribution in [0.25, 0.3) is 32.6 Å². The molecule has 2 aromatic heterocycles. The van der Waals surface area contributed by atoms with Crippen LogP contribution in [0.4, 0.5) is 0 Å². The Morgan fingerprint density at radius 1 is 0.611 bits per heavy atom. The van der Waals surface area contributed by atoms with Gasteiger partial charge in [-0.05, 0) is 61.4 Å². The highest BCUT2D eigenvalue weighted by Crippen LogP contribution is 2.31. The fraction of sp³-hybridized carbons (Fsp3) is 0.250. The van der Waals surface area contributed by atoms with Crippen LogP contribution in [0.2, 0.25) is 0 Å². The molecule has 36 heavy (non-hydrogen) atoms. The fourth-order valence-electron chi connectivity index (χ4n) is 3.31. The Balaban J connectivity index is 2.00. The molecule has 0 fully saturated rings. The zero-order valence-corrected chi connectivity index (χ0v) is 20.6. The molecule has 0 aliphatic heterocycles. The van der Waals surface area contributed by atoms with Crippen molar-refractivity contribution in [2.45, 2.75) is 39.5 Å². The second-order valence-electron chi connectivity index (χ2n) is 8.05. The van der Waals surface area contributed by atoms with Crippen molar-refractivity contribution < 1.29 is 9.47 Å². The van der Waals surface area contributed by atoms with Crippen molar-refractivity contribution in [1.29, 1.82) is 0 Å². The Morgan fingerprint density at radius 3 is 1.50 bits per heavy atom. The van der Waals surface area contributed by atoms with Gasteiger partial charge in [-0.15, -0.1) is 0 Å². The Labute approximate surface area is 213 Å². The lowest BCUT2D eigenvalue weighted by molar-refractivity contribution is 0.262. The third-order valence-electron chi connectivity index (χ3n) is 5.30. The molecule has 0 unspecified atom stereocenters. The molecule has 0 radical (unpaired) electrons. The lowest BCUT2D eigenvalue weighted by atomic mass is 10.1. The Morgan fingerprint density at radius 2 is 1.06 bits per heavy atom. The van der Waals surface area contributed by atoms with E-state index in [0.717, 1.165) is 47.2 Å². The van der Waals surface area contributed by atoms with Crippen LogP contribution in [0, 0.1) is 48.5 Å². The third kappa shape index (κ3) is 6.48. The molecular formula is C32H26N2O2. The van der Waals surface area contributed by atoms with Gasteiger partial charge in [0, 0.05) is 35.3 Å². The van der Waals surface area contributed by atoms with Gasteiger partial charge in [0.15, 0.2) is 11.5 Å². The highest BCUT2D eigenvalue weighted by molar-refractivity contribution is 5.84. The number of hydrogen-bond donors (Lipinski definition) is 0. The van der Waals surface area contributed by atoms with Gasteiger partial charge in [-0.25, -0.2) is 9.97 Å². The zero-order valence-electron chi connectivity index (χ0n) is 20.6. The quantitative estimate of drug-likeness (QED) is 0.262. The van der Waals surface area contributed by atoms with Crippen LogP contribution in [-0.2, 0) is 0 Å². The Kier molecular flexibility index (Phi) is 8.65. The minimum atomic E-state index is 0.573. The summed E-state index contributed by atoms with van der Waals surface area (Å²) in [5, 5.41) is 2.93. The van der Waals surface area contributed by atoms with E-state index in [1.807, 2.05) is 36.4 Å². The molecule has 4 nitrogen and oxygen atoms in total. The van der Waals surface area contributed by atoms with Crippen LogP contribution in [-0.4, -0.2) is 23.2 Å². The highest BCUT2D eigenvalue weighted by Gasteiger charge is 2.08. The van der Waals surface area contributed by atoms with Crippen LogP contribution in [0.15, 0.2) is 48.8 Å². The Bertz CT molecular complexity index is 1320. The lowest BCUT2D eigenvalue weighted by Crippen LogP contribution is -2.02. The van der Waals surface area contributed by atoms with E-state index < -0.39 is 0 Å². The van der Waals surface area contributed by atoms with E-state index in [9.17, 15) is 0 Å². The van der Waals surface area contributed by atoms with Crippen LogP contribution in [0.3, 0.4) is 0 Å². The average Bonchev–Trinajstić information content (AvgIpc) is 2.90. The van der Waals surface area contributed by atoms with Gasteiger partial charge in [-0.1, -0.05) is 51.0 Å². The molecule has 0 saturated heterocycles. The topological polar surface area (TPSA) is 44.2 Å². The fourth-order valence-corrected chi connectivity index (χ4v) is 3.31. The summed E-state index contributed by atoms with van der Waals surface area (Å²) < 4.78 is 12.2. The summed E-state index contributed by atoms with van der Waals surface area (Å²) in [6, 6.07) is 36.0. The first-order valence-electron chi connectivity index (χ1n) is 12.2. The molecule has 0 amide bonds. The van der Waals surface area contributed by atoms with Gasteiger partial charge in [-0.2, -0.15) is 0 Å². The highest BCUT2D eigenvalue weighted by atomic mass is 16.5. The smallest absolute Gasteiger partial charge is 0.162 e. The van der Waals surface area contributed by atoms with Gasteiger partial charge in [-0.3, -0.25) is 0 Å². The first-order chi connectivity index (χ1) is 17.8. The second kappa shape index (κ2) is 12.7. The van der Waals surface area contributed by atoms with E-state index in [1.54, 1.807) is 12.4 Å². The van der Waals surface area contributed by atoms with E-state index in [-0.39, 0.29) is 0 Å². The molecule has 4 aromatic rings. The number of aromatic nitrogens is 2. The van der Waals surface area contributed by atoms with Gasteiger partial charge in [0.1, 0.15) is 11.0 Å². The number of ether oxygens (including phenoxy) is 2. The predicted molar refractivity (Wildman–Crippen MR) is 141 cm³/mol. The molecule has 4 heteroatoms. The molecule has 0 atom stereocenters.